The Kier molecular flexibility index (Phi) is 13.6. The fourth-order valence-corrected chi connectivity index (χ4v) is 2.91. The van der Waals surface area contributed by atoms with Crippen LogP contribution in [0.5, 0.6) is 0 Å². The summed E-state index contributed by atoms with van der Waals surface area (Å²) >= 11 is 0.358. The molecular weight excluding hydrogens is 363 g/mol. The van der Waals surface area contributed by atoms with E-state index in [0.29, 0.717) is 16.3 Å². The third kappa shape index (κ3) is 38.8. The van der Waals surface area contributed by atoms with E-state index in [2.05, 4.69) is 36.5 Å². The molecule has 26 heavy (non-hydrogen) atoms. The normalized spacial score (nSPS) is 15.4. The molecule has 2 rings (SSSR count). The van der Waals surface area contributed by atoms with Gasteiger partial charge in [0.25, 0.3) is 0 Å². The Balaban J connectivity index is 0. The zero-order valence-electron chi connectivity index (χ0n) is 18.1. The second kappa shape index (κ2) is 12.7. The molecule has 0 aromatic heterocycles. The van der Waals surface area contributed by atoms with Gasteiger partial charge in [-0.05, 0) is 0 Å². The van der Waals surface area contributed by atoms with Crippen molar-refractivity contribution in [3.05, 3.63) is 45.0 Å². The van der Waals surface area contributed by atoms with Crippen molar-refractivity contribution in [3.63, 3.8) is 0 Å². The fourth-order valence-electron chi connectivity index (χ4n) is 1.22. The number of hydrogen-bond donors (Lipinski definition) is 0. The molecule has 0 saturated heterocycles. The van der Waals surface area contributed by atoms with Crippen LogP contribution in [0.2, 0.25) is 0 Å². The number of hydrogen-bond acceptors (Lipinski definition) is 3. The second-order valence-electron chi connectivity index (χ2n) is 9.03. The maximum Gasteiger partial charge on any atom is -0.0756 e. The molecule has 0 bridgehead atoms. The number of allylic oxidation sites excluding steroid dienone is 8. The minimum atomic E-state index is -0.750. The zero-order chi connectivity index (χ0) is 21.0. The van der Waals surface area contributed by atoms with E-state index < -0.39 is 16.8 Å². The third-order valence-corrected chi connectivity index (χ3v) is 3.72. The van der Waals surface area contributed by atoms with E-state index in [1.165, 1.54) is 12.8 Å². The molecular formula is C22H37O3V. The van der Waals surface area contributed by atoms with E-state index in [4.69, 9.17) is 0 Å². The van der Waals surface area contributed by atoms with Gasteiger partial charge in [0.05, 0.1) is 0 Å². The molecule has 0 spiro atoms. The van der Waals surface area contributed by atoms with Crippen molar-refractivity contribution in [2.24, 2.45) is 0 Å². The molecule has 4 heteroatoms. The molecule has 2 aliphatic rings. The average Bonchev–Trinajstić information content (AvgIpc) is 2.95. The summed E-state index contributed by atoms with van der Waals surface area (Å²) in [5.41, 5.74) is -2.25. The van der Waals surface area contributed by atoms with Crippen LogP contribution in [-0.4, -0.2) is 16.8 Å². The first-order valence-electron chi connectivity index (χ1n) is 8.99. The topological polar surface area (TPSA) is 69.2 Å². The quantitative estimate of drug-likeness (QED) is 0.715. The van der Waals surface area contributed by atoms with Crippen molar-refractivity contribution in [3.8, 4) is 0 Å². The van der Waals surface area contributed by atoms with Gasteiger partial charge in [0.2, 0.25) is 0 Å². The molecule has 3 nitrogen and oxygen atoms in total. The first-order valence-corrected chi connectivity index (χ1v) is 10.4. The first-order chi connectivity index (χ1) is 11.4. The Morgan fingerprint density at radius 3 is 1.00 bits per heavy atom. The molecule has 0 unspecified atom stereocenters. The summed E-state index contributed by atoms with van der Waals surface area (Å²) in [6, 6.07) is 0. The predicted octanol–water partition coefficient (Wildman–Crippen LogP) is 3.19. The maximum atomic E-state index is 10.1. The molecule has 0 heterocycles. The Hall–Kier alpha value is -0.576. The van der Waals surface area contributed by atoms with Gasteiger partial charge >= 0.3 is 74.2 Å². The van der Waals surface area contributed by atoms with Gasteiger partial charge in [-0.3, -0.25) is 0 Å². The van der Waals surface area contributed by atoms with Gasteiger partial charge in [0.1, 0.15) is 0 Å². The molecule has 0 saturated carbocycles. The van der Waals surface area contributed by atoms with Crippen molar-refractivity contribution in [2.45, 2.75) is 92.0 Å². The molecule has 148 valence electrons. The first kappa shape index (κ1) is 27.6. The van der Waals surface area contributed by atoms with Crippen molar-refractivity contribution in [1.29, 1.82) is 0 Å². The maximum absolute atomic E-state index is 10.1. The molecule has 0 aromatic carbocycles. The fraction of sp³-hybridized carbons (Fsp3) is 0.636. The Morgan fingerprint density at radius 1 is 0.615 bits per heavy atom. The Bertz CT molecular complexity index is 418. The van der Waals surface area contributed by atoms with E-state index in [1.54, 1.807) is 70.9 Å². The van der Waals surface area contributed by atoms with Crippen LogP contribution in [0.15, 0.2) is 45.0 Å². The summed E-state index contributed by atoms with van der Waals surface area (Å²) in [7, 11) is 0. The van der Waals surface area contributed by atoms with Crippen LogP contribution >= 0.6 is 0 Å². The minimum absolute atomic E-state index is 0.358. The zero-order valence-corrected chi connectivity index (χ0v) is 19.4. The van der Waals surface area contributed by atoms with E-state index >= 15 is 0 Å². The predicted molar refractivity (Wildman–Crippen MR) is 103 cm³/mol. The SMILES string of the molecule is C1=CC[C]([V+3][C]2=CC=CC2)=C1.CC(C)(C)[O-].CC(C)(C)[O-].CC(C)(C)[O-]. The van der Waals surface area contributed by atoms with Gasteiger partial charge in [-0.2, -0.15) is 0 Å². The summed E-state index contributed by atoms with van der Waals surface area (Å²) in [5, 5.41) is 30.3. The van der Waals surface area contributed by atoms with Crippen molar-refractivity contribution < 1.29 is 31.6 Å². The van der Waals surface area contributed by atoms with Crippen LogP contribution in [0.25, 0.3) is 0 Å². The van der Waals surface area contributed by atoms with Crippen molar-refractivity contribution >= 4 is 0 Å². The minimum Gasteiger partial charge on any atom is -0.850 e. The van der Waals surface area contributed by atoms with Gasteiger partial charge in [-0.25, -0.2) is 0 Å². The van der Waals surface area contributed by atoms with Crippen LogP contribution in [-0.2, 0) is 16.3 Å². The van der Waals surface area contributed by atoms with E-state index in [1.807, 2.05) is 0 Å². The molecule has 0 radical (unpaired) electrons. The standard InChI is InChI=1S/2C5H5.3C4H9O.V/c2*1-2-4-5-3-1;3*1-4(2,3)5;/h2*1-3H,4H2;3*1-3H3;/q;;3*-1;+3. The molecule has 0 N–H and O–H groups in total. The summed E-state index contributed by atoms with van der Waals surface area (Å²) in [5.74, 6) is 0. The van der Waals surface area contributed by atoms with Gasteiger partial charge < -0.3 is 15.3 Å². The largest absolute Gasteiger partial charge is 0.850 e. The van der Waals surface area contributed by atoms with Crippen LogP contribution in [0.4, 0.5) is 0 Å². The molecule has 0 atom stereocenters. The molecule has 0 aromatic rings. The van der Waals surface area contributed by atoms with Crippen LogP contribution in [0.1, 0.15) is 75.2 Å². The van der Waals surface area contributed by atoms with E-state index in [-0.39, 0.29) is 0 Å². The number of rotatable bonds is 2. The van der Waals surface area contributed by atoms with Crippen LogP contribution in [0.3, 0.4) is 0 Å². The summed E-state index contributed by atoms with van der Waals surface area (Å²) in [4.78, 5) is 0. The smallest absolute Gasteiger partial charge is 0.0756 e. The molecule has 0 aliphatic heterocycles. The summed E-state index contributed by atoms with van der Waals surface area (Å²) < 4.78 is 3.30. The van der Waals surface area contributed by atoms with Crippen molar-refractivity contribution in [1.82, 2.24) is 0 Å². The third-order valence-electron chi connectivity index (χ3n) is 1.79. The van der Waals surface area contributed by atoms with Gasteiger partial charge in [-0.15, -0.1) is 16.8 Å². The Morgan fingerprint density at radius 2 is 0.846 bits per heavy atom. The van der Waals surface area contributed by atoms with Gasteiger partial charge in [0, 0.05) is 0 Å². The van der Waals surface area contributed by atoms with Gasteiger partial charge in [0.15, 0.2) is 0 Å². The van der Waals surface area contributed by atoms with E-state index in [9.17, 15) is 15.3 Å². The van der Waals surface area contributed by atoms with E-state index in [0.717, 1.165) is 0 Å². The summed E-state index contributed by atoms with van der Waals surface area (Å²) in [6.45, 7) is 14.7. The van der Waals surface area contributed by atoms with Crippen LogP contribution < -0.4 is 15.3 Å². The molecule has 2 aliphatic carbocycles. The van der Waals surface area contributed by atoms with Crippen molar-refractivity contribution in [2.75, 3.05) is 0 Å². The van der Waals surface area contributed by atoms with Gasteiger partial charge in [-0.1, -0.05) is 62.3 Å². The average molecular weight is 400 g/mol. The molecule has 0 fully saturated rings. The second-order valence-corrected chi connectivity index (χ2v) is 11.2. The van der Waals surface area contributed by atoms with Crippen LogP contribution in [0, 0.1) is 0 Å². The molecule has 0 amide bonds. The monoisotopic (exact) mass is 400 g/mol. The summed E-state index contributed by atoms with van der Waals surface area (Å²) in [6.07, 6.45) is 15.8. The Labute approximate surface area is 168 Å².